The highest BCUT2D eigenvalue weighted by molar-refractivity contribution is 6.06. The van der Waals surface area contributed by atoms with Crippen LogP contribution in [-0.4, -0.2) is 0 Å². The maximum atomic E-state index is 6.31. The second kappa shape index (κ2) is 14.0. The lowest BCUT2D eigenvalue weighted by Crippen LogP contribution is -2.11. The van der Waals surface area contributed by atoms with Crippen LogP contribution in [0.5, 0.6) is 0 Å². The van der Waals surface area contributed by atoms with Gasteiger partial charge in [-0.05, 0) is 125 Å². The van der Waals surface area contributed by atoms with Gasteiger partial charge in [-0.1, -0.05) is 121 Å². The van der Waals surface area contributed by atoms with E-state index in [1.165, 1.54) is 33.4 Å². The van der Waals surface area contributed by atoms with E-state index in [0.29, 0.717) is 0 Å². The fourth-order valence-electron chi connectivity index (χ4n) is 8.01. The first kappa shape index (κ1) is 32.5. The molecule has 262 valence electrons. The van der Waals surface area contributed by atoms with E-state index in [2.05, 4.69) is 204 Å². The zero-order valence-corrected chi connectivity index (χ0v) is 30.3. The molecule has 0 atom stereocenters. The zero-order valence-electron chi connectivity index (χ0n) is 30.3. The lowest BCUT2D eigenvalue weighted by molar-refractivity contribution is 0.669. The minimum absolute atomic E-state index is 0.893. The van der Waals surface area contributed by atoms with E-state index < -0.39 is 0 Å². The molecular weight excluding hydrogens is 669 g/mol. The molecule has 0 saturated carbocycles. The van der Waals surface area contributed by atoms with Crippen molar-refractivity contribution in [2.75, 3.05) is 9.80 Å². The Morgan fingerprint density at radius 2 is 0.836 bits per heavy atom. The molecule has 0 aliphatic heterocycles. The van der Waals surface area contributed by atoms with Gasteiger partial charge >= 0.3 is 0 Å². The summed E-state index contributed by atoms with van der Waals surface area (Å²) >= 11 is 0. The Hall–Kier alpha value is -7.10. The van der Waals surface area contributed by atoms with Crippen molar-refractivity contribution in [3.05, 3.63) is 217 Å². The van der Waals surface area contributed by atoms with Gasteiger partial charge in [-0.2, -0.15) is 0 Å². The Morgan fingerprint density at radius 1 is 0.345 bits per heavy atom. The Labute approximate surface area is 321 Å². The van der Waals surface area contributed by atoms with Crippen molar-refractivity contribution in [2.24, 2.45) is 0 Å². The molecule has 1 aliphatic rings. The third-order valence-electron chi connectivity index (χ3n) is 10.8. The van der Waals surface area contributed by atoms with Gasteiger partial charge in [-0.15, -0.1) is 0 Å². The summed E-state index contributed by atoms with van der Waals surface area (Å²) in [7, 11) is 0. The number of furan rings is 1. The average Bonchev–Trinajstić information content (AvgIpc) is 3.63. The zero-order chi connectivity index (χ0) is 36.6. The molecule has 3 nitrogen and oxygen atoms in total. The van der Waals surface area contributed by atoms with E-state index in [1.54, 1.807) is 0 Å². The molecule has 8 aromatic carbocycles. The number of hydrogen-bond donors (Lipinski definition) is 0. The molecule has 0 amide bonds. The van der Waals surface area contributed by atoms with Crippen LogP contribution < -0.4 is 9.80 Å². The van der Waals surface area contributed by atoms with Crippen molar-refractivity contribution in [3.63, 3.8) is 0 Å². The van der Waals surface area contributed by atoms with Gasteiger partial charge in [0.25, 0.3) is 0 Å². The summed E-state index contributed by atoms with van der Waals surface area (Å²) in [4.78, 5) is 4.66. The number of aryl methyl sites for hydroxylation is 1. The minimum Gasteiger partial charge on any atom is -0.456 e. The monoisotopic (exact) mass is 706 g/mol. The van der Waals surface area contributed by atoms with E-state index in [1.807, 2.05) is 12.1 Å². The molecule has 0 fully saturated rings. The number of benzene rings is 8. The Morgan fingerprint density at radius 3 is 1.53 bits per heavy atom. The number of hydrogen-bond acceptors (Lipinski definition) is 3. The lowest BCUT2D eigenvalue weighted by Gasteiger charge is -2.27. The fourth-order valence-corrected chi connectivity index (χ4v) is 8.01. The summed E-state index contributed by atoms with van der Waals surface area (Å²) in [5, 5.41) is 2.28. The van der Waals surface area contributed by atoms with Gasteiger partial charge in [0.15, 0.2) is 0 Å². The van der Waals surface area contributed by atoms with E-state index >= 15 is 0 Å². The molecule has 0 spiro atoms. The maximum absolute atomic E-state index is 6.31. The number of para-hydroxylation sites is 3. The van der Waals surface area contributed by atoms with Crippen LogP contribution in [0.1, 0.15) is 23.1 Å². The van der Waals surface area contributed by atoms with E-state index in [-0.39, 0.29) is 0 Å². The first-order valence-corrected chi connectivity index (χ1v) is 19.0. The Bertz CT molecular complexity index is 2790. The van der Waals surface area contributed by atoms with Gasteiger partial charge in [0.05, 0.1) is 0 Å². The number of fused-ring (bicyclic) bond motifs is 4. The van der Waals surface area contributed by atoms with Gasteiger partial charge in [0.2, 0.25) is 0 Å². The molecule has 9 aromatic rings. The number of rotatable bonds is 8. The predicted octanol–water partition coefficient (Wildman–Crippen LogP) is 14.7. The molecule has 0 N–H and O–H groups in total. The number of nitrogens with zero attached hydrogens (tertiary/aromatic N) is 2. The molecule has 0 radical (unpaired) electrons. The predicted molar refractivity (Wildman–Crippen MR) is 231 cm³/mol. The van der Waals surface area contributed by atoms with Crippen LogP contribution in [0.2, 0.25) is 0 Å². The molecule has 3 heteroatoms. The molecule has 1 heterocycles. The third kappa shape index (κ3) is 6.26. The second-order valence-corrected chi connectivity index (χ2v) is 14.1. The number of allylic oxidation sites excluding steroid dienone is 1. The molecule has 1 aliphatic carbocycles. The van der Waals surface area contributed by atoms with Gasteiger partial charge in [0, 0.05) is 51.0 Å². The van der Waals surface area contributed by atoms with E-state index in [4.69, 9.17) is 4.42 Å². The van der Waals surface area contributed by atoms with Gasteiger partial charge < -0.3 is 14.2 Å². The molecule has 0 bridgehead atoms. The van der Waals surface area contributed by atoms with Gasteiger partial charge in [0.1, 0.15) is 11.2 Å². The number of anilines is 6. The smallest absolute Gasteiger partial charge is 0.137 e. The van der Waals surface area contributed by atoms with Crippen molar-refractivity contribution < 1.29 is 4.42 Å². The molecule has 10 rings (SSSR count). The first-order chi connectivity index (χ1) is 27.2. The first-order valence-electron chi connectivity index (χ1n) is 19.0. The van der Waals surface area contributed by atoms with Crippen LogP contribution in [0.25, 0.3) is 44.7 Å². The second-order valence-electron chi connectivity index (χ2n) is 14.1. The molecule has 1 aromatic heterocycles. The quantitative estimate of drug-likeness (QED) is 0.157. The summed E-state index contributed by atoms with van der Waals surface area (Å²) in [5.74, 6) is 0. The van der Waals surface area contributed by atoms with Crippen molar-refractivity contribution in [1.82, 2.24) is 0 Å². The van der Waals surface area contributed by atoms with E-state index in [9.17, 15) is 0 Å². The summed E-state index contributed by atoms with van der Waals surface area (Å²) in [6.07, 6.45) is 4.34. The van der Waals surface area contributed by atoms with Crippen molar-refractivity contribution >= 4 is 67.7 Å². The fraction of sp³-hybridized carbons (Fsp3) is 0.0385. The van der Waals surface area contributed by atoms with Crippen LogP contribution in [-0.2, 0) is 6.42 Å². The van der Waals surface area contributed by atoms with Crippen LogP contribution in [0.4, 0.5) is 34.1 Å². The van der Waals surface area contributed by atoms with Crippen molar-refractivity contribution in [1.29, 1.82) is 0 Å². The normalized spacial score (nSPS) is 12.3. The van der Waals surface area contributed by atoms with Crippen LogP contribution >= 0.6 is 0 Å². The van der Waals surface area contributed by atoms with Gasteiger partial charge in [-0.3, -0.25) is 0 Å². The highest BCUT2D eigenvalue weighted by Gasteiger charge is 2.19. The Balaban J connectivity index is 0.952. The summed E-state index contributed by atoms with van der Waals surface area (Å²) < 4.78 is 6.31. The van der Waals surface area contributed by atoms with Crippen molar-refractivity contribution in [2.45, 2.75) is 12.8 Å². The van der Waals surface area contributed by atoms with E-state index in [0.717, 1.165) is 68.9 Å². The molecule has 0 unspecified atom stereocenters. The topological polar surface area (TPSA) is 19.6 Å². The molecule has 55 heavy (non-hydrogen) atoms. The van der Waals surface area contributed by atoms with Gasteiger partial charge in [-0.25, -0.2) is 0 Å². The van der Waals surface area contributed by atoms with Crippen LogP contribution in [0.3, 0.4) is 0 Å². The standard InChI is InChI=1S/C52H38N2O/c1-4-12-37(13-5-1)38-22-27-45(28-23-38)53(43-14-6-2-7-15-43)46-29-24-39(25-30-46)40-20-21-42-35-47(31-26-41(42)34-40)54(44-16-8-3-9-17-44)48-32-33-50-49-18-10-11-19-51(49)55-52(50)36-48/h1-19,22-36H,20-21H2. The third-order valence-corrected chi connectivity index (χ3v) is 10.8. The average molecular weight is 707 g/mol. The lowest BCUT2D eigenvalue weighted by atomic mass is 9.88. The summed E-state index contributed by atoms with van der Waals surface area (Å²) in [6, 6.07) is 71.4. The Kier molecular flexibility index (Phi) is 8.31. The largest absolute Gasteiger partial charge is 0.456 e. The summed E-state index contributed by atoms with van der Waals surface area (Å²) in [5.41, 5.74) is 16.2. The van der Waals surface area contributed by atoms with Crippen LogP contribution in [0.15, 0.2) is 205 Å². The SMILES string of the molecule is C1=C(c2ccc(N(c3ccccc3)c3ccc(-c4ccccc4)cc3)cc2)CCc2cc(N(c3ccccc3)c3ccc4c(c3)oc3ccccc34)ccc21. The molecule has 0 saturated heterocycles. The minimum atomic E-state index is 0.893. The molecular formula is C52H38N2O. The summed E-state index contributed by atoms with van der Waals surface area (Å²) in [6.45, 7) is 0. The highest BCUT2D eigenvalue weighted by atomic mass is 16.3. The highest BCUT2D eigenvalue weighted by Crippen LogP contribution is 2.41. The maximum Gasteiger partial charge on any atom is 0.137 e. The van der Waals surface area contributed by atoms with Crippen LogP contribution in [0, 0.1) is 0 Å². The van der Waals surface area contributed by atoms with Crippen molar-refractivity contribution in [3.8, 4) is 11.1 Å².